The zero-order valence-corrected chi connectivity index (χ0v) is 18.5. The van der Waals surface area contributed by atoms with Gasteiger partial charge in [0.15, 0.2) is 5.78 Å². The van der Waals surface area contributed by atoms with Gasteiger partial charge < -0.3 is 0 Å². The number of sulfonamides is 1. The van der Waals surface area contributed by atoms with E-state index in [1.54, 1.807) is 42.5 Å². The van der Waals surface area contributed by atoms with Crippen LogP contribution in [0.5, 0.6) is 0 Å². The van der Waals surface area contributed by atoms with Gasteiger partial charge in [-0.25, -0.2) is 8.42 Å². The molecule has 0 aliphatic rings. The van der Waals surface area contributed by atoms with Crippen molar-refractivity contribution in [1.82, 2.24) is 0 Å². The van der Waals surface area contributed by atoms with Gasteiger partial charge in [-0.2, -0.15) is 13.2 Å². The van der Waals surface area contributed by atoms with Crippen LogP contribution in [0.4, 0.5) is 18.9 Å². The molecule has 3 aromatic carbocycles. The molecule has 0 amide bonds. The molecule has 0 saturated carbocycles. The molecular weight excluding hydrogens is 475 g/mol. The van der Waals surface area contributed by atoms with E-state index in [1.165, 1.54) is 30.4 Å². The van der Waals surface area contributed by atoms with Crippen LogP contribution in [0.15, 0.2) is 95.9 Å². The lowest BCUT2D eigenvalue weighted by molar-refractivity contribution is -0.137. The molecule has 9 heteroatoms. The molecule has 0 aliphatic heterocycles. The van der Waals surface area contributed by atoms with E-state index in [2.05, 4.69) is 4.72 Å². The Kier molecular flexibility index (Phi) is 7.40. The van der Waals surface area contributed by atoms with Gasteiger partial charge in [-0.3, -0.25) is 9.52 Å². The minimum Gasteiger partial charge on any atom is -0.289 e. The number of anilines is 1. The number of alkyl halides is 3. The highest BCUT2D eigenvalue weighted by atomic mass is 35.5. The van der Waals surface area contributed by atoms with E-state index in [9.17, 15) is 26.4 Å². The molecule has 170 valence electrons. The molecule has 0 aromatic heterocycles. The maximum Gasteiger partial charge on any atom is 0.416 e. The molecule has 1 N–H and O–H groups in total. The summed E-state index contributed by atoms with van der Waals surface area (Å²) in [5.41, 5.74) is 0.00730. The average Bonchev–Trinajstić information content (AvgIpc) is 2.77. The average molecular weight is 492 g/mol. The number of carbonyl (C=O) groups excluding carboxylic acids is 1. The fourth-order valence-corrected chi connectivity index (χ4v) is 3.99. The summed E-state index contributed by atoms with van der Waals surface area (Å²) in [6, 6.07) is 16.1. The van der Waals surface area contributed by atoms with Crippen molar-refractivity contribution in [3.05, 3.63) is 113 Å². The standard InChI is InChI=1S/C24H17ClF3NO3S/c25-19-13-9-17(10-14-19)5-1-4-8-23(30)21-6-2-3-7-22(21)29-33(31,32)20-15-11-18(12-16-20)24(26,27)28/h1-16,29H. The Morgan fingerprint density at radius 3 is 2.15 bits per heavy atom. The van der Waals surface area contributed by atoms with Crippen LogP contribution in [0.1, 0.15) is 21.5 Å². The number of hydrogen-bond acceptors (Lipinski definition) is 3. The number of allylic oxidation sites excluding steroid dienone is 3. The van der Waals surface area contributed by atoms with E-state index in [0.29, 0.717) is 17.2 Å². The Balaban J connectivity index is 1.76. The fourth-order valence-electron chi connectivity index (χ4n) is 2.79. The summed E-state index contributed by atoms with van der Waals surface area (Å²) in [6.07, 6.45) is 1.62. The summed E-state index contributed by atoms with van der Waals surface area (Å²) in [5.74, 6) is -0.457. The first-order chi connectivity index (χ1) is 15.6. The summed E-state index contributed by atoms with van der Waals surface area (Å²) in [7, 11) is -4.21. The van der Waals surface area contributed by atoms with Crippen molar-refractivity contribution in [2.24, 2.45) is 0 Å². The highest BCUT2D eigenvalue weighted by Crippen LogP contribution is 2.30. The summed E-state index contributed by atoms with van der Waals surface area (Å²) < 4.78 is 65.7. The van der Waals surface area contributed by atoms with E-state index < -0.39 is 27.5 Å². The zero-order valence-electron chi connectivity index (χ0n) is 16.9. The number of hydrogen-bond donors (Lipinski definition) is 1. The first-order valence-electron chi connectivity index (χ1n) is 9.50. The van der Waals surface area contributed by atoms with Gasteiger partial charge in [0.1, 0.15) is 0 Å². The molecule has 0 unspecified atom stereocenters. The van der Waals surface area contributed by atoms with Gasteiger partial charge in [-0.1, -0.05) is 54.1 Å². The number of ketones is 1. The summed E-state index contributed by atoms with van der Waals surface area (Å²) in [6.45, 7) is 0. The third kappa shape index (κ3) is 6.57. The zero-order chi connectivity index (χ0) is 24.1. The monoisotopic (exact) mass is 491 g/mol. The molecule has 4 nitrogen and oxygen atoms in total. The molecule has 3 aromatic rings. The summed E-state index contributed by atoms with van der Waals surface area (Å²) in [4.78, 5) is 12.2. The first-order valence-corrected chi connectivity index (χ1v) is 11.4. The van der Waals surface area contributed by atoms with Crippen LogP contribution >= 0.6 is 11.6 Å². The summed E-state index contributed by atoms with van der Waals surface area (Å²) in [5, 5.41) is 0.605. The number of carbonyl (C=O) groups is 1. The molecule has 0 fully saturated rings. The van der Waals surface area contributed by atoms with Gasteiger partial charge in [0.25, 0.3) is 10.0 Å². The highest BCUT2D eigenvalue weighted by molar-refractivity contribution is 7.92. The Bertz CT molecular complexity index is 1300. The number of halogens is 4. The lowest BCUT2D eigenvalue weighted by Gasteiger charge is -2.12. The van der Waals surface area contributed by atoms with Gasteiger partial charge in [0.2, 0.25) is 0 Å². The number of para-hydroxylation sites is 1. The van der Waals surface area contributed by atoms with Crippen molar-refractivity contribution >= 4 is 39.2 Å². The molecule has 3 rings (SSSR count). The van der Waals surface area contributed by atoms with Crippen molar-refractivity contribution in [3.63, 3.8) is 0 Å². The Morgan fingerprint density at radius 1 is 0.879 bits per heavy atom. The Hall–Kier alpha value is -3.36. The SMILES string of the molecule is O=C(C=CC=Cc1ccc(Cl)cc1)c1ccccc1NS(=O)(=O)c1ccc(C(F)(F)F)cc1. The number of benzene rings is 3. The topological polar surface area (TPSA) is 63.2 Å². The van der Waals surface area contributed by atoms with Crippen molar-refractivity contribution in [3.8, 4) is 0 Å². The van der Waals surface area contributed by atoms with Crippen LogP contribution in [0.3, 0.4) is 0 Å². The predicted molar refractivity (Wildman–Crippen MR) is 123 cm³/mol. The van der Waals surface area contributed by atoms with Crippen molar-refractivity contribution in [1.29, 1.82) is 0 Å². The molecule has 0 atom stereocenters. The lowest BCUT2D eigenvalue weighted by atomic mass is 10.1. The van der Waals surface area contributed by atoms with Crippen LogP contribution in [-0.2, 0) is 16.2 Å². The molecule has 0 saturated heterocycles. The second kappa shape index (κ2) is 10.1. The van der Waals surface area contributed by atoms with E-state index in [1.807, 2.05) is 0 Å². The Labute approximate surface area is 194 Å². The molecular formula is C24H17ClF3NO3S. The summed E-state index contributed by atoms with van der Waals surface area (Å²) >= 11 is 5.83. The lowest BCUT2D eigenvalue weighted by Crippen LogP contribution is -2.15. The fraction of sp³-hybridized carbons (Fsp3) is 0.0417. The van der Waals surface area contributed by atoms with Gasteiger partial charge in [0, 0.05) is 10.6 Å². The second-order valence-corrected chi connectivity index (χ2v) is 8.93. The largest absolute Gasteiger partial charge is 0.416 e. The predicted octanol–water partition coefficient (Wildman–Crippen LogP) is 6.61. The number of nitrogens with one attached hydrogen (secondary N) is 1. The molecule has 0 spiro atoms. The highest BCUT2D eigenvalue weighted by Gasteiger charge is 2.30. The van der Waals surface area contributed by atoms with Gasteiger partial charge in [-0.05, 0) is 60.2 Å². The third-order valence-electron chi connectivity index (χ3n) is 4.45. The maximum absolute atomic E-state index is 12.7. The van der Waals surface area contributed by atoms with E-state index in [4.69, 9.17) is 11.6 Å². The maximum atomic E-state index is 12.7. The normalized spacial score (nSPS) is 12.4. The second-order valence-electron chi connectivity index (χ2n) is 6.81. The van der Waals surface area contributed by atoms with E-state index >= 15 is 0 Å². The molecule has 33 heavy (non-hydrogen) atoms. The van der Waals surface area contributed by atoms with Crippen LogP contribution < -0.4 is 4.72 Å². The van der Waals surface area contributed by atoms with Crippen molar-refractivity contribution < 1.29 is 26.4 Å². The van der Waals surface area contributed by atoms with Crippen LogP contribution in [-0.4, -0.2) is 14.2 Å². The Morgan fingerprint density at radius 2 is 1.52 bits per heavy atom. The van der Waals surface area contributed by atoms with Crippen LogP contribution in [0.25, 0.3) is 6.08 Å². The van der Waals surface area contributed by atoms with Crippen LogP contribution in [0.2, 0.25) is 5.02 Å². The van der Waals surface area contributed by atoms with Gasteiger partial charge >= 0.3 is 6.18 Å². The molecule has 0 bridgehead atoms. The third-order valence-corrected chi connectivity index (χ3v) is 6.08. The van der Waals surface area contributed by atoms with Crippen molar-refractivity contribution in [2.45, 2.75) is 11.1 Å². The minimum atomic E-state index is -4.58. The number of rotatable bonds is 7. The van der Waals surface area contributed by atoms with Gasteiger partial charge in [-0.15, -0.1) is 0 Å². The molecule has 0 radical (unpaired) electrons. The van der Waals surface area contributed by atoms with Crippen molar-refractivity contribution in [2.75, 3.05) is 4.72 Å². The molecule has 0 heterocycles. The van der Waals surface area contributed by atoms with E-state index in [0.717, 1.165) is 17.7 Å². The quantitative estimate of drug-likeness (QED) is 0.230. The molecule has 0 aliphatic carbocycles. The first kappa shape index (κ1) is 24.3. The minimum absolute atomic E-state index is 0.00808. The van der Waals surface area contributed by atoms with Crippen LogP contribution in [0, 0.1) is 0 Å². The van der Waals surface area contributed by atoms with Gasteiger partial charge in [0.05, 0.1) is 16.1 Å². The smallest absolute Gasteiger partial charge is 0.289 e. The van der Waals surface area contributed by atoms with E-state index in [-0.39, 0.29) is 16.1 Å².